The summed E-state index contributed by atoms with van der Waals surface area (Å²) in [6, 6.07) is 5.87. The van der Waals surface area contributed by atoms with Gasteiger partial charge < -0.3 is 29.7 Å². The van der Waals surface area contributed by atoms with Crippen molar-refractivity contribution in [3.63, 3.8) is 0 Å². The zero-order valence-corrected chi connectivity index (χ0v) is 25.6. The summed E-state index contributed by atoms with van der Waals surface area (Å²) < 4.78 is 16.3. The predicted molar refractivity (Wildman–Crippen MR) is 163 cm³/mol. The molecule has 0 aromatic carbocycles. The van der Waals surface area contributed by atoms with E-state index in [1.54, 1.807) is 24.3 Å². The van der Waals surface area contributed by atoms with E-state index < -0.39 is 0 Å². The predicted octanol–water partition coefficient (Wildman–Crippen LogP) is 2.88. The molecular formula is C31H54N4O7. The van der Waals surface area contributed by atoms with E-state index in [2.05, 4.69) is 15.6 Å². The zero-order valence-electron chi connectivity index (χ0n) is 25.6. The van der Waals surface area contributed by atoms with Gasteiger partial charge in [-0.25, -0.2) is 0 Å². The van der Waals surface area contributed by atoms with Gasteiger partial charge in [-0.05, 0) is 44.2 Å². The van der Waals surface area contributed by atoms with Gasteiger partial charge in [-0.2, -0.15) is 0 Å². The largest absolute Gasteiger partial charge is 0.379 e. The molecule has 42 heavy (non-hydrogen) atoms. The van der Waals surface area contributed by atoms with Crippen LogP contribution in [0.2, 0.25) is 0 Å². The van der Waals surface area contributed by atoms with Crippen LogP contribution in [-0.2, 0) is 33.4 Å². The Morgan fingerprint density at radius 2 is 1.57 bits per heavy atom. The van der Waals surface area contributed by atoms with Crippen molar-refractivity contribution in [3.8, 4) is 0 Å². The molecule has 2 fully saturated rings. The van der Waals surface area contributed by atoms with Crippen molar-refractivity contribution in [2.45, 2.75) is 64.8 Å². The normalized spacial score (nSPS) is 20.8. The highest BCUT2D eigenvalue weighted by Crippen LogP contribution is 2.28. The van der Waals surface area contributed by atoms with Gasteiger partial charge in [0.15, 0.2) is 0 Å². The smallest absolute Gasteiger partial charge is 0.225 e. The third-order valence-electron chi connectivity index (χ3n) is 7.63. The Labute approximate surface area is 253 Å². The zero-order chi connectivity index (χ0) is 30.6. The van der Waals surface area contributed by atoms with Gasteiger partial charge in [0.1, 0.15) is 5.78 Å². The van der Waals surface area contributed by atoms with Crippen LogP contribution >= 0.6 is 0 Å². The number of nitrogens with one attached hydrogen (secondary N) is 2. The van der Waals surface area contributed by atoms with E-state index in [-0.39, 0.29) is 50.8 Å². The fraction of sp³-hybridized carbons (Fsp3) is 0.710. The van der Waals surface area contributed by atoms with Crippen molar-refractivity contribution in [2.75, 3.05) is 59.8 Å². The SMILES string of the molecule is CCC(C)C(=O)C1CCC(NC(=O)CCOCCOCCOCCNC(=O)[C@H]2CC(=O)N(C)C2)CC1.[HH].[HH].c1ccncc1. The Bertz CT molecular complexity index is 910. The maximum Gasteiger partial charge on any atom is 0.225 e. The number of hydrogen-bond acceptors (Lipinski definition) is 8. The average molecular weight is 595 g/mol. The number of nitrogens with zero attached hydrogens (tertiary/aromatic N) is 2. The minimum Gasteiger partial charge on any atom is -0.379 e. The highest BCUT2D eigenvalue weighted by molar-refractivity contribution is 5.89. The first-order valence-corrected chi connectivity index (χ1v) is 15.2. The first kappa shape index (κ1) is 35.3. The molecule has 1 aliphatic heterocycles. The van der Waals surface area contributed by atoms with Crippen LogP contribution < -0.4 is 10.6 Å². The van der Waals surface area contributed by atoms with Crippen LogP contribution in [0.25, 0.3) is 0 Å². The molecule has 3 rings (SSSR count). The third kappa shape index (κ3) is 14.3. The Kier molecular flexibility index (Phi) is 17.6. The molecule has 2 atom stereocenters. The van der Waals surface area contributed by atoms with Crippen molar-refractivity contribution < 1.29 is 36.2 Å². The molecule has 11 heteroatoms. The maximum atomic E-state index is 12.3. The molecule has 0 radical (unpaired) electrons. The van der Waals surface area contributed by atoms with Crippen molar-refractivity contribution in [2.24, 2.45) is 17.8 Å². The molecule has 240 valence electrons. The van der Waals surface area contributed by atoms with Crippen molar-refractivity contribution >= 4 is 23.5 Å². The molecule has 1 unspecified atom stereocenters. The van der Waals surface area contributed by atoms with Crippen LogP contribution in [0.15, 0.2) is 30.6 Å². The number of hydrogen-bond donors (Lipinski definition) is 2. The van der Waals surface area contributed by atoms with Gasteiger partial charge in [-0.15, -0.1) is 0 Å². The number of carbonyl (C=O) groups excluding carboxylic acids is 4. The molecule has 1 aromatic heterocycles. The van der Waals surface area contributed by atoms with Crippen LogP contribution in [0.3, 0.4) is 0 Å². The summed E-state index contributed by atoms with van der Waals surface area (Å²) in [6.07, 6.45) is 8.42. The molecule has 2 heterocycles. The molecule has 1 saturated heterocycles. The Morgan fingerprint density at radius 1 is 0.952 bits per heavy atom. The summed E-state index contributed by atoms with van der Waals surface area (Å²) in [5.74, 6) is 0.260. The van der Waals surface area contributed by atoms with Gasteiger partial charge >= 0.3 is 0 Å². The van der Waals surface area contributed by atoms with Gasteiger partial charge in [0, 0.05) is 66.1 Å². The molecule has 0 bridgehead atoms. The highest BCUT2D eigenvalue weighted by Gasteiger charge is 2.32. The maximum absolute atomic E-state index is 12.3. The summed E-state index contributed by atoms with van der Waals surface area (Å²) in [5, 5.41) is 5.85. The van der Waals surface area contributed by atoms with E-state index in [9.17, 15) is 19.2 Å². The number of pyridine rings is 1. The van der Waals surface area contributed by atoms with E-state index in [0.29, 0.717) is 64.9 Å². The first-order chi connectivity index (χ1) is 20.3. The second kappa shape index (κ2) is 20.9. The summed E-state index contributed by atoms with van der Waals surface area (Å²) >= 11 is 0. The van der Waals surface area contributed by atoms with Crippen LogP contribution in [-0.4, -0.2) is 99.2 Å². The molecule has 11 nitrogen and oxygen atoms in total. The number of carbonyl (C=O) groups is 4. The number of ketones is 1. The van der Waals surface area contributed by atoms with Gasteiger partial charge in [0.05, 0.1) is 45.6 Å². The lowest BCUT2D eigenvalue weighted by Gasteiger charge is -2.29. The number of aromatic nitrogens is 1. The third-order valence-corrected chi connectivity index (χ3v) is 7.63. The molecule has 3 amide bonds. The van der Waals surface area contributed by atoms with Crippen molar-refractivity contribution in [3.05, 3.63) is 30.6 Å². The molecule has 2 aliphatic rings. The summed E-state index contributed by atoms with van der Waals surface area (Å²) in [4.78, 5) is 53.3. The van der Waals surface area contributed by atoms with Gasteiger partial charge in [0.25, 0.3) is 0 Å². The fourth-order valence-electron chi connectivity index (χ4n) is 4.87. The molecular weight excluding hydrogens is 540 g/mol. The summed E-state index contributed by atoms with van der Waals surface area (Å²) in [6.45, 7) is 7.29. The Hall–Kier alpha value is -2.89. The van der Waals surface area contributed by atoms with Gasteiger partial charge in [-0.3, -0.25) is 24.2 Å². The number of amides is 3. The van der Waals surface area contributed by atoms with Crippen LogP contribution in [0.1, 0.15) is 61.6 Å². The monoisotopic (exact) mass is 594 g/mol. The first-order valence-electron chi connectivity index (χ1n) is 15.2. The van der Waals surface area contributed by atoms with E-state index in [1.165, 1.54) is 0 Å². The lowest BCUT2D eigenvalue weighted by atomic mass is 9.79. The van der Waals surface area contributed by atoms with Crippen LogP contribution in [0, 0.1) is 17.8 Å². The second-order valence-electron chi connectivity index (χ2n) is 10.9. The summed E-state index contributed by atoms with van der Waals surface area (Å²) in [7, 11) is 1.70. The minimum atomic E-state index is -0.275. The lowest BCUT2D eigenvalue weighted by molar-refractivity contribution is -0.128. The average Bonchev–Trinajstić information content (AvgIpc) is 3.36. The quantitative estimate of drug-likeness (QED) is 0.263. The minimum absolute atomic E-state index is 0. The van der Waals surface area contributed by atoms with E-state index in [4.69, 9.17) is 14.2 Å². The molecule has 1 saturated carbocycles. The number of likely N-dealkylation sites (tertiary alicyclic amines) is 1. The van der Waals surface area contributed by atoms with E-state index in [0.717, 1.165) is 32.1 Å². The highest BCUT2D eigenvalue weighted by atomic mass is 16.5. The molecule has 1 aliphatic carbocycles. The van der Waals surface area contributed by atoms with Gasteiger partial charge in [0.2, 0.25) is 17.7 Å². The Balaban J connectivity index is 0.00000206. The Morgan fingerprint density at radius 3 is 2.10 bits per heavy atom. The van der Waals surface area contributed by atoms with Crippen LogP contribution in [0.5, 0.6) is 0 Å². The van der Waals surface area contributed by atoms with Crippen molar-refractivity contribution in [1.29, 1.82) is 0 Å². The standard InChI is InChI=1S/C26H45N3O7.C5H5N.2H2/c1-4-19(2)25(32)20-5-7-22(8-6-20)28-23(30)9-11-34-13-15-36-16-14-35-12-10-27-26(33)21-17-24(31)29(3)18-21;1-2-4-6-5-3-1;;/h19-22H,4-18H2,1-3H3,(H,27,33)(H,28,30);1-5H;2*1H/t19?,20?,21-,22?;;;/m0.../s1. The lowest BCUT2D eigenvalue weighted by Crippen LogP contribution is -2.39. The fourth-order valence-corrected chi connectivity index (χ4v) is 4.87. The molecule has 0 spiro atoms. The summed E-state index contributed by atoms with van der Waals surface area (Å²) in [5.41, 5.74) is 0. The molecule has 2 N–H and O–H groups in total. The van der Waals surface area contributed by atoms with E-state index in [1.807, 2.05) is 32.0 Å². The number of Topliss-reactive ketones (excluding diaryl/α,β-unsaturated/α-hetero) is 1. The second-order valence-corrected chi connectivity index (χ2v) is 10.9. The van der Waals surface area contributed by atoms with E-state index >= 15 is 0 Å². The molecule has 1 aromatic rings. The topological polar surface area (TPSA) is 136 Å². The van der Waals surface area contributed by atoms with Crippen molar-refractivity contribution in [1.82, 2.24) is 20.5 Å². The number of ether oxygens (including phenoxy) is 3. The number of rotatable bonds is 17. The van der Waals surface area contributed by atoms with Crippen LogP contribution in [0.4, 0.5) is 0 Å². The van der Waals surface area contributed by atoms with Gasteiger partial charge in [-0.1, -0.05) is 19.9 Å².